The molecule has 0 radical (unpaired) electrons. The Labute approximate surface area is 102 Å². The Morgan fingerprint density at radius 2 is 2.06 bits per heavy atom. The molecule has 9 heteroatoms. The van der Waals surface area contributed by atoms with Crippen LogP contribution >= 0.6 is 0 Å². The molecule has 0 spiro atoms. The Hall–Kier alpha value is -1.58. The van der Waals surface area contributed by atoms with Crippen LogP contribution in [0, 0.1) is 15.9 Å². The molecule has 18 heavy (non-hydrogen) atoms. The molecule has 1 heterocycles. The lowest BCUT2D eigenvalue weighted by Gasteiger charge is -2.35. The normalized spacial score (nSPS) is 17.4. The van der Waals surface area contributed by atoms with Crippen LogP contribution in [0.3, 0.4) is 0 Å². The van der Waals surface area contributed by atoms with E-state index in [9.17, 15) is 22.9 Å². The Morgan fingerprint density at radius 3 is 2.56 bits per heavy atom. The second-order valence-electron chi connectivity index (χ2n) is 3.95. The fraction of sp³-hybridized carbons (Fsp3) is 0.333. The monoisotopic (exact) mass is 275 g/mol. The van der Waals surface area contributed by atoms with Crippen molar-refractivity contribution < 1.29 is 17.7 Å². The molecule has 1 aliphatic heterocycles. The summed E-state index contributed by atoms with van der Waals surface area (Å²) in [5, 5.41) is 10.7. The molecule has 1 aromatic rings. The van der Waals surface area contributed by atoms with E-state index >= 15 is 0 Å². The van der Waals surface area contributed by atoms with Crippen molar-refractivity contribution in [1.29, 1.82) is 0 Å². The molecule has 0 atom stereocenters. The number of nitrogens with zero attached hydrogens (tertiary/aromatic N) is 2. The first kappa shape index (κ1) is 12.9. The van der Waals surface area contributed by atoms with Crippen LogP contribution in [0.15, 0.2) is 23.1 Å². The van der Waals surface area contributed by atoms with Gasteiger partial charge >= 0.3 is 0 Å². The van der Waals surface area contributed by atoms with Crippen LogP contribution < -0.4 is 5.73 Å². The van der Waals surface area contributed by atoms with Gasteiger partial charge in [0, 0.05) is 19.1 Å². The van der Waals surface area contributed by atoms with E-state index in [0.29, 0.717) is 6.07 Å². The Balaban J connectivity index is 2.48. The maximum absolute atomic E-state index is 12.9. The molecule has 98 valence electrons. The molecule has 1 saturated heterocycles. The Morgan fingerprint density at radius 1 is 1.44 bits per heavy atom. The summed E-state index contributed by atoms with van der Waals surface area (Å²) >= 11 is 0. The van der Waals surface area contributed by atoms with E-state index in [1.165, 1.54) is 0 Å². The maximum Gasteiger partial charge on any atom is 0.292 e. The lowest BCUT2D eigenvalue weighted by molar-refractivity contribution is -0.388. The fourth-order valence-corrected chi connectivity index (χ4v) is 3.35. The average molecular weight is 275 g/mol. The van der Waals surface area contributed by atoms with Gasteiger partial charge in [0.1, 0.15) is 5.82 Å². The van der Waals surface area contributed by atoms with E-state index in [-0.39, 0.29) is 19.1 Å². The standard InChI is InChI=1S/C9H10FN3O4S/c10-6-1-2-9(8(3-6)13(14)15)18(16,17)12-4-7(11)5-12/h1-3,7H,4-5,11H2. The van der Waals surface area contributed by atoms with Crippen molar-refractivity contribution >= 4 is 15.7 Å². The molecule has 0 amide bonds. The van der Waals surface area contributed by atoms with Gasteiger partial charge in [-0.15, -0.1) is 0 Å². The van der Waals surface area contributed by atoms with E-state index in [1.807, 2.05) is 0 Å². The van der Waals surface area contributed by atoms with Gasteiger partial charge in [0.2, 0.25) is 10.0 Å². The van der Waals surface area contributed by atoms with Crippen molar-refractivity contribution in [2.75, 3.05) is 13.1 Å². The highest BCUT2D eigenvalue weighted by atomic mass is 32.2. The predicted molar refractivity (Wildman–Crippen MR) is 59.8 cm³/mol. The van der Waals surface area contributed by atoms with E-state index in [1.54, 1.807) is 0 Å². The summed E-state index contributed by atoms with van der Waals surface area (Å²) in [6, 6.07) is 2.10. The first-order chi connectivity index (χ1) is 8.32. The minimum absolute atomic E-state index is 0.108. The van der Waals surface area contributed by atoms with Gasteiger partial charge < -0.3 is 5.73 Å². The fourth-order valence-electron chi connectivity index (χ4n) is 1.66. The molecular formula is C9H10FN3O4S. The number of hydrogen-bond donors (Lipinski definition) is 1. The van der Waals surface area contributed by atoms with Crippen LogP contribution in [0.5, 0.6) is 0 Å². The van der Waals surface area contributed by atoms with E-state index in [0.717, 1.165) is 16.4 Å². The lowest BCUT2D eigenvalue weighted by atomic mass is 10.2. The van der Waals surface area contributed by atoms with Crippen molar-refractivity contribution in [3.63, 3.8) is 0 Å². The molecule has 0 bridgehead atoms. The van der Waals surface area contributed by atoms with Crippen LogP contribution in [0.25, 0.3) is 0 Å². The van der Waals surface area contributed by atoms with Crippen LogP contribution in [0.2, 0.25) is 0 Å². The molecular weight excluding hydrogens is 265 g/mol. The van der Waals surface area contributed by atoms with Crippen molar-refractivity contribution in [3.05, 3.63) is 34.1 Å². The second kappa shape index (κ2) is 4.26. The van der Waals surface area contributed by atoms with Crippen molar-refractivity contribution in [1.82, 2.24) is 4.31 Å². The SMILES string of the molecule is NC1CN(S(=O)(=O)c2ccc(F)cc2[N+](=O)[O-])C1. The highest BCUT2D eigenvalue weighted by Gasteiger charge is 2.38. The molecule has 2 N–H and O–H groups in total. The van der Waals surface area contributed by atoms with Gasteiger partial charge in [-0.05, 0) is 12.1 Å². The topological polar surface area (TPSA) is 107 Å². The second-order valence-corrected chi connectivity index (χ2v) is 5.86. The van der Waals surface area contributed by atoms with Crippen molar-refractivity contribution in [2.45, 2.75) is 10.9 Å². The highest BCUT2D eigenvalue weighted by Crippen LogP contribution is 2.29. The van der Waals surface area contributed by atoms with E-state index in [2.05, 4.69) is 0 Å². The number of benzene rings is 1. The largest absolute Gasteiger partial charge is 0.325 e. The Kier molecular flexibility index (Phi) is 3.05. The number of nitrogens with two attached hydrogens (primary N) is 1. The summed E-state index contributed by atoms with van der Waals surface area (Å²) < 4.78 is 38.0. The molecule has 0 aliphatic carbocycles. The third-order valence-electron chi connectivity index (χ3n) is 2.61. The third kappa shape index (κ3) is 2.07. The highest BCUT2D eigenvalue weighted by molar-refractivity contribution is 7.89. The Bertz CT molecular complexity index is 598. The summed E-state index contributed by atoms with van der Waals surface area (Å²) in [5.41, 5.74) is 4.70. The van der Waals surface area contributed by atoms with Gasteiger partial charge in [-0.1, -0.05) is 0 Å². The number of nitro groups is 1. The van der Waals surface area contributed by atoms with Crippen LogP contribution in [0.4, 0.5) is 10.1 Å². The van der Waals surface area contributed by atoms with E-state index in [4.69, 9.17) is 5.73 Å². The van der Waals surface area contributed by atoms with Gasteiger partial charge in [0.05, 0.1) is 11.0 Å². The van der Waals surface area contributed by atoms with Gasteiger partial charge in [-0.3, -0.25) is 10.1 Å². The minimum atomic E-state index is -3.98. The molecule has 0 unspecified atom stereocenters. The van der Waals surface area contributed by atoms with Crippen molar-refractivity contribution in [2.24, 2.45) is 5.73 Å². The number of hydrogen-bond acceptors (Lipinski definition) is 5. The lowest BCUT2D eigenvalue weighted by Crippen LogP contribution is -2.57. The molecule has 1 aliphatic rings. The zero-order chi connectivity index (χ0) is 13.5. The molecule has 2 rings (SSSR count). The smallest absolute Gasteiger partial charge is 0.292 e. The first-order valence-corrected chi connectivity index (χ1v) is 6.46. The zero-order valence-corrected chi connectivity index (χ0v) is 9.93. The summed E-state index contributed by atoms with van der Waals surface area (Å²) in [6.07, 6.45) is 0. The summed E-state index contributed by atoms with van der Waals surface area (Å²) in [4.78, 5) is 9.31. The number of nitro benzene ring substituents is 1. The first-order valence-electron chi connectivity index (χ1n) is 5.02. The van der Waals surface area contributed by atoms with Crippen LogP contribution in [0.1, 0.15) is 0 Å². The average Bonchev–Trinajstić information content (AvgIpc) is 2.24. The van der Waals surface area contributed by atoms with Crippen molar-refractivity contribution in [3.8, 4) is 0 Å². The van der Waals surface area contributed by atoms with Gasteiger partial charge in [0.15, 0.2) is 4.90 Å². The number of sulfonamides is 1. The number of rotatable bonds is 3. The van der Waals surface area contributed by atoms with Gasteiger partial charge in [0.25, 0.3) is 5.69 Å². The maximum atomic E-state index is 12.9. The zero-order valence-electron chi connectivity index (χ0n) is 9.11. The van der Waals surface area contributed by atoms with E-state index < -0.39 is 31.3 Å². The van der Waals surface area contributed by atoms with Gasteiger partial charge in [-0.2, -0.15) is 4.31 Å². The molecule has 7 nitrogen and oxygen atoms in total. The molecule has 0 aromatic heterocycles. The summed E-state index contributed by atoms with van der Waals surface area (Å²) in [6.45, 7) is 0.216. The summed E-state index contributed by atoms with van der Waals surface area (Å²) in [7, 11) is -3.98. The third-order valence-corrected chi connectivity index (χ3v) is 4.49. The number of halogens is 1. The predicted octanol–water partition coefficient (Wildman–Crippen LogP) is 0.0655. The molecule has 0 saturated carbocycles. The molecule has 1 fully saturated rings. The summed E-state index contributed by atoms with van der Waals surface area (Å²) in [5.74, 6) is -0.860. The molecule has 1 aromatic carbocycles. The van der Waals surface area contributed by atoms with Crippen LogP contribution in [-0.2, 0) is 10.0 Å². The minimum Gasteiger partial charge on any atom is -0.325 e. The quantitative estimate of drug-likeness (QED) is 0.620. The van der Waals surface area contributed by atoms with Crippen LogP contribution in [-0.4, -0.2) is 36.8 Å². The van der Waals surface area contributed by atoms with Gasteiger partial charge in [-0.25, -0.2) is 12.8 Å².